The summed E-state index contributed by atoms with van der Waals surface area (Å²) in [6.07, 6.45) is 10.5. The zero-order valence-corrected chi connectivity index (χ0v) is 18.5. The molecular weight excluding hydrogens is 390 g/mol. The Hall–Kier alpha value is -1.92. The molecule has 31 heavy (non-hydrogen) atoms. The number of rotatable bonds is 8. The number of aliphatic hydroxyl groups is 1. The van der Waals surface area contributed by atoms with Gasteiger partial charge < -0.3 is 21.1 Å². The van der Waals surface area contributed by atoms with Gasteiger partial charge in [0.1, 0.15) is 6.61 Å². The highest BCUT2D eigenvalue weighted by molar-refractivity contribution is 5.92. The minimum Gasteiger partial charge on any atom is -0.387 e. The van der Waals surface area contributed by atoms with Gasteiger partial charge in [0, 0.05) is 30.7 Å². The van der Waals surface area contributed by atoms with E-state index in [1.54, 1.807) is 6.07 Å². The Kier molecular flexibility index (Phi) is 7.28. The van der Waals surface area contributed by atoms with Crippen LogP contribution in [0.3, 0.4) is 0 Å². The van der Waals surface area contributed by atoms with Crippen molar-refractivity contribution in [3.05, 3.63) is 35.4 Å². The zero-order chi connectivity index (χ0) is 21.8. The third-order valence-electron chi connectivity index (χ3n) is 7.87. The third kappa shape index (κ3) is 5.29. The number of piperidine rings is 1. The van der Waals surface area contributed by atoms with E-state index < -0.39 is 6.61 Å². The lowest BCUT2D eigenvalue weighted by atomic mass is 9.75. The van der Waals surface area contributed by atoms with Crippen molar-refractivity contribution in [2.24, 2.45) is 17.6 Å². The second-order valence-corrected chi connectivity index (χ2v) is 9.83. The fourth-order valence-electron chi connectivity index (χ4n) is 6.25. The Morgan fingerprint density at radius 3 is 2.68 bits per heavy atom. The number of nitrogens with zero attached hydrogens (tertiary/aromatic N) is 1. The van der Waals surface area contributed by atoms with Crippen LogP contribution in [0.5, 0.6) is 0 Å². The van der Waals surface area contributed by atoms with Crippen LogP contribution in [-0.4, -0.2) is 53.6 Å². The summed E-state index contributed by atoms with van der Waals surface area (Å²) in [4.78, 5) is 26.1. The van der Waals surface area contributed by atoms with E-state index in [4.69, 9.17) is 5.73 Å². The van der Waals surface area contributed by atoms with Crippen LogP contribution in [0, 0.1) is 11.8 Å². The first-order valence-electron chi connectivity index (χ1n) is 12.1. The molecule has 4 atom stereocenters. The van der Waals surface area contributed by atoms with Crippen LogP contribution in [0.4, 0.5) is 0 Å². The smallest absolute Gasteiger partial charge is 0.248 e. The second kappa shape index (κ2) is 10.1. The number of carbonyl (C=O) groups excluding carboxylic acids is 2. The van der Waals surface area contributed by atoms with Gasteiger partial charge in [-0.3, -0.25) is 9.59 Å². The van der Waals surface area contributed by atoms with Crippen LogP contribution in [0.1, 0.15) is 79.6 Å². The van der Waals surface area contributed by atoms with Gasteiger partial charge in [0.25, 0.3) is 0 Å². The van der Waals surface area contributed by atoms with Crippen molar-refractivity contribution in [2.45, 2.75) is 75.8 Å². The summed E-state index contributed by atoms with van der Waals surface area (Å²) in [7, 11) is 0. The molecule has 6 nitrogen and oxygen atoms in total. The van der Waals surface area contributed by atoms with Crippen LogP contribution in [-0.2, 0) is 4.79 Å². The third-order valence-corrected chi connectivity index (χ3v) is 7.87. The Bertz CT molecular complexity index is 777. The summed E-state index contributed by atoms with van der Waals surface area (Å²) >= 11 is 0. The number of primary amides is 1. The Labute approximate surface area is 185 Å². The lowest BCUT2D eigenvalue weighted by Gasteiger charge is -2.39. The summed E-state index contributed by atoms with van der Waals surface area (Å²) in [6.45, 7) is 1.05. The highest BCUT2D eigenvalue weighted by Crippen LogP contribution is 2.43. The molecule has 2 bridgehead atoms. The lowest BCUT2D eigenvalue weighted by molar-refractivity contribution is -0.135. The Morgan fingerprint density at radius 1 is 1.13 bits per heavy atom. The van der Waals surface area contributed by atoms with E-state index in [0.717, 1.165) is 25.8 Å². The van der Waals surface area contributed by atoms with Gasteiger partial charge in [-0.05, 0) is 74.0 Å². The van der Waals surface area contributed by atoms with E-state index in [0.29, 0.717) is 41.9 Å². The molecule has 0 spiro atoms. The van der Waals surface area contributed by atoms with E-state index in [-0.39, 0.29) is 11.8 Å². The van der Waals surface area contributed by atoms with E-state index in [2.05, 4.69) is 11.4 Å². The first-order valence-corrected chi connectivity index (χ1v) is 12.1. The Balaban J connectivity index is 1.48. The molecule has 2 amide bonds. The van der Waals surface area contributed by atoms with Crippen LogP contribution in [0.15, 0.2) is 24.3 Å². The van der Waals surface area contributed by atoms with Crippen molar-refractivity contribution in [2.75, 3.05) is 19.7 Å². The average molecular weight is 428 g/mol. The van der Waals surface area contributed by atoms with Crippen molar-refractivity contribution in [1.82, 2.24) is 10.2 Å². The molecule has 1 aromatic rings. The van der Waals surface area contributed by atoms with E-state index in [1.807, 2.05) is 17.0 Å². The number of nitrogens with two attached hydrogens (primary N) is 1. The maximum Gasteiger partial charge on any atom is 0.248 e. The number of amides is 2. The number of fused-ring (bicyclic) bond motifs is 2. The largest absolute Gasteiger partial charge is 0.387 e. The summed E-state index contributed by atoms with van der Waals surface area (Å²) in [5, 5.41) is 13.3. The molecule has 4 unspecified atom stereocenters. The van der Waals surface area contributed by atoms with Crippen LogP contribution < -0.4 is 11.1 Å². The molecule has 2 heterocycles. The standard InChI is InChI=1S/C25H37N3O3/c26-25(31)19-8-4-7-18(13-19)22-14-20-9-10-23(27-20)21(22)11-12-28(24(30)16-29)15-17-5-2-1-3-6-17/h4,7-8,13,17,20-23,27,29H,1-3,5-6,9-12,14-16H2,(H2,26,31). The minimum atomic E-state index is -0.411. The highest BCUT2D eigenvalue weighted by Gasteiger charge is 2.42. The van der Waals surface area contributed by atoms with Crippen molar-refractivity contribution in [1.29, 1.82) is 0 Å². The maximum absolute atomic E-state index is 12.5. The molecule has 4 N–H and O–H groups in total. The number of hydrogen-bond donors (Lipinski definition) is 3. The normalized spacial score (nSPS) is 28.4. The molecule has 6 heteroatoms. The van der Waals surface area contributed by atoms with Gasteiger partial charge in [-0.15, -0.1) is 0 Å². The van der Waals surface area contributed by atoms with Crippen molar-refractivity contribution in [3.63, 3.8) is 0 Å². The fourth-order valence-corrected chi connectivity index (χ4v) is 6.25. The molecule has 4 rings (SSSR count). The van der Waals surface area contributed by atoms with Gasteiger partial charge in [0.15, 0.2) is 0 Å². The predicted octanol–water partition coefficient (Wildman–Crippen LogP) is 2.80. The van der Waals surface area contributed by atoms with Gasteiger partial charge in [-0.1, -0.05) is 31.4 Å². The SMILES string of the molecule is NC(=O)c1cccc(C2CC3CCC(N3)C2CCN(CC2CCCCC2)C(=O)CO)c1. The summed E-state index contributed by atoms with van der Waals surface area (Å²) in [5.41, 5.74) is 7.28. The van der Waals surface area contributed by atoms with Gasteiger partial charge in [0.2, 0.25) is 11.8 Å². The van der Waals surface area contributed by atoms with Gasteiger partial charge in [-0.2, -0.15) is 0 Å². The molecule has 1 saturated carbocycles. The second-order valence-electron chi connectivity index (χ2n) is 9.83. The first-order chi connectivity index (χ1) is 15.0. The predicted molar refractivity (Wildman–Crippen MR) is 121 cm³/mol. The Morgan fingerprint density at radius 2 is 1.94 bits per heavy atom. The number of benzene rings is 1. The monoisotopic (exact) mass is 427 g/mol. The topological polar surface area (TPSA) is 95.7 Å². The minimum absolute atomic E-state index is 0.147. The van der Waals surface area contributed by atoms with Gasteiger partial charge >= 0.3 is 0 Å². The van der Waals surface area contributed by atoms with Gasteiger partial charge in [-0.25, -0.2) is 0 Å². The van der Waals surface area contributed by atoms with Gasteiger partial charge in [0.05, 0.1) is 0 Å². The summed E-state index contributed by atoms with van der Waals surface area (Å²) in [5.74, 6) is 0.794. The molecule has 0 radical (unpaired) electrons. The molecule has 0 aromatic heterocycles. The molecule has 2 saturated heterocycles. The molecule has 170 valence electrons. The molecule has 3 aliphatic rings. The van der Waals surface area contributed by atoms with E-state index >= 15 is 0 Å². The van der Waals surface area contributed by atoms with E-state index in [9.17, 15) is 14.7 Å². The number of aliphatic hydroxyl groups excluding tert-OH is 1. The molecule has 2 aliphatic heterocycles. The van der Waals surface area contributed by atoms with E-state index in [1.165, 1.54) is 44.1 Å². The van der Waals surface area contributed by atoms with Crippen LogP contribution in [0.25, 0.3) is 0 Å². The number of nitrogens with one attached hydrogen (secondary N) is 1. The van der Waals surface area contributed by atoms with Crippen LogP contribution in [0.2, 0.25) is 0 Å². The maximum atomic E-state index is 12.5. The van der Waals surface area contributed by atoms with Crippen molar-refractivity contribution >= 4 is 11.8 Å². The average Bonchev–Trinajstić information content (AvgIpc) is 3.19. The summed E-state index contributed by atoms with van der Waals surface area (Å²) in [6, 6.07) is 8.77. The molecule has 1 aliphatic carbocycles. The van der Waals surface area contributed by atoms with Crippen molar-refractivity contribution < 1.29 is 14.7 Å². The first kappa shape index (κ1) is 22.3. The lowest BCUT2D eigenvalue weighted by Crippen LogP contribution is -2.46. The summed E-state index contributed by atoms with van der Waals surface area (Å²) < 4.78 is 0. The van der Waals surface area contributed by atoms with Crippen LogP contribution >= 0.6 is 0 Å². The highest BCUT2D eigenvalue weighted by atomic mass is 16.3. The molecular formula is C25H37N3O3. The van der Waals surface area contributed by atoms with Crippen molar-refractivity contribution in [3.8, 4) is 0 Å². The zero-order valence-electron chi connectivity index (χ0n) is 18.5. The number of carbonyl (C=O) groups is 2. The molecule has 3 fully saturated rings. The fraction of sp³-hybridized carbons (Fsp3) is 0.680. The molecule has 1 aromatic carbocycles. The quantitative estimate of drug-likeness (QED) is 0.594. The number of hydrogen-bond acceptors (Lipinski definition) is 4.